The molecule has 0 radical (unpaired) electrons. The van der Waals surface area contributed by atoms with E-state index in [0.717, 1.165) is 0 Å². The molecule has 0 aliphatic rings. The molecule has 8 heteroatoms. The molecule has 1 aromatic heterocycles. The van der Waals surface area contributed by atoms with Crippen molar-refractivity contribution in [2.24, 2.45) is 0 Å². The molecule has 1 N–H and O–H groups in total. The van der Waals surface area contributed by atoms with Gasteiger partial charge in [-0.15, -0.1) is 0 Å². The first-order chi connectivity index (χ1) is 9.26. The number of aromatic nitrogens is 1. The topological polar surface area (TPSA) is 53.4 Å². The average Bonchev–Trinajstić information content (AvgIpc) is 2.35. The van der Waals surface area contributed by atoms with Crippen molar-refractivity contribution in [3.05, 3.63) is 28.5 Å². The van der Waals surface area contributed by atoms with Crippen LogP contribution in [0.3, 0.4) is 0 Å². The Hall–Kier alpha value is -1.34. The Bertz CT molecular complexity index is 480. The lowest BCUT2D eigenvalue weighted by atomic mass is 10.1. The smallest absolute Gasteiger partial charge is 0.395 e. The summed E-state index contributed by atoms with van der Waals surface area (Å²) < 4.78 is 37.2. The van der Waals surface area contributed by atoms with Crippen LogP contribution in [-0.4, -0.2) is 46.8 Å². The van der Waals surface area contributed by atoms with Crippen molar-refractivity contribution in [2.75, 3.05) is 19.7 Å². The van der Waals surface area contributed by atoms with Gasteiger partial charge in [-0.2, -0.15) is 13.2 Å². The van der Waals surface area contributed by atoms with Gasteiger partial charge in [-0.25, -0.2) is 4.98 Å². The third-order valence-electron chi connectivity index (χ3n) is 2.48. The zero-order chi connectivity index (χ0) is 15.3. The quantitative estimate of drug-likeness (QED) is 0.849. The highest BCUT2D eigenvalue weighted by atomic mass is 35.5. The Kier molecular flexibility index (Phi) is 5.76. The summed E-state index contributed by atoms with van der Waals surface area (Å²) >= 11 is 5.73. The van der Waals surface area contributed by atoms with E-state index < -0.39 is 31.8 Å². The largest absolute Gasteiger partial charge is 0.406 e. The molecule has 0 saturated heterocycles. The van der Waals surface area contributed by atoms with Gasteiger partial charge in [-0.05, 0) is 18.6 Å². The molecule has 20 heavy (non-hydrogen) atoms. The van der Waals surface area contributed by atoms with E-state index in [4.69, 9.17) is 16.7 Å². The number of nitrogens with zero attached hydrogens (tertiary/aromatic N) is 2. The third kappa shape index (κ3) is 4.97. The van der Waals surface area contributed by atoms with Gasteiger partial charge in [0.2, 0.25) is 0 Å². The van der Waals surface area contributed by atoms with Crippen LogP contribution in [0.4, 0.5) is 13.2 Å². The predicted molar refractivity (Wildman–Crippen MR) is 67.7 cm³/mol. The molecule has 0 aromatic carbocycles. The number of hydrogen-bond acceptors (Lipinski definition) is 3. The Morgan fingerprint density at radius 2 is 2.10 bits per heavy atom. The SMILES string of the molecule is CCc1cc(C(=O)N(CCO)CC(F)(F)F)cc(Cl)n1. The van der Waals surface area contributed by atoms with Gasteiger partial charge in [0.05, 0.1) is 6.61 Å². The van der Waals surface area contributed by atoms with Crippen LogP contribution in [0.2, 0.25) is 5.15 Å². The number of pyridine rings is 1. The Balaban J connectivity index is 3.02. The maximum Gasteiger partial charge on any atom is 0.406 e. The molecule has 0 unspecified atom stereocenters. The van der Waals surface area contributed by atoms with Crippen LogP contribution in [0.1, 0.15) is 23.0 Å². The second-order valence-electron chi connectivity index (χ2n) is 4.09. The molecule has 0 aliphatic carbocycles. The molecule has 1 amide bonds. The number of halogens is 4. The van der Waals surface area contributed by atoms with Crippen LogP contribution in [0.5, 0.6) is 0 Å². The summed E-state index contributed by atoms with van der Waals surface area (Å²) in [5.41, 5.74) is 0.538. The summed E-state index contributed by atoms with van der Waals surface area (Å²) in [4.78, 5) is 16.5. The molecule has 0 bridgehead atoms. The van der Waals surface area contributed by atoms with Gasteiger partial charge >= 0.3 is 6.18 Å². The van der Waals surface area contributed by atoms with Gasteiger partial charge in [0.15, 0.2) is 0 Å². The minimum Gasteiger partial charge on any atom is -0.395 e. The Labute approximate surface area is 119 Å². The lowest BCUT2D eigenvalue weighted by Crippen LogP contribution is -2.40. The van der Waals surface area contributed by atoms with Crippen molar-refractivity contribution in [1.29, 1.82) is 0 Å². The second-order valence-corrected chi connectivity index (χ2v) is 4.48. The maximum absolute atomic E-state index is 12.4. The first kappa shape index (κ1) is 16.7. The highest BCUT2D eigenvalue weighted by molar-refractivity contribution is 6.29. The second kappa shape index (κ2) is 6.90. The monoisotopic (exact) mass is 310 g/mol. The zero-order valence-electron chi connectivity index (χ0n) is 10.7. The van der Waals surface area contributed by atoms with Crippen LogP contribution < -0.4 is 0 Å². The molecule has 0 spiro atoms. The van der Waals surface area contributed by atoms with E-state index in [1.54, 1.807) is 6.92 Å². The summed E-state index contributed by atoms with van der Waals surface area (Å²) in [6.07, 6.45) is -4.03. The van der Waals surface area contributed by atoms with E-state index in [2.05, 4.69) is 4.98 Å². The van der Waals surface area contributed by atoms with Crippen molar-refractivity contribution in [3.8, 4) is 0 Å². The van der Waals surface area contributed by atoms with Crippen LogP contribution >= 0.6 is 11.6 Å². The van der Waals surface area contributed by atoms with Crippen LogP contribution in [0.15, 0.2) is 12.1 Å². The first-order valence-electron chi connectivity index (χ1n) is 5.90. The van der Waals surface area contributed by atoms with Gasteiger partial charge in [-0.3, -0.25) is 4.79 Å². The van der Waals surface area contributed by atoms with Crippen molar-refractivity contribution in [2.45, 2.75) is 19.5 Å². The molecular formula is C12H14ClF3N2O2. The van der Waals surface area contributed by atoms with E-state index in [1.165, 1.54) is 12.1 Å². The molecule has 4 nitrogen and oxygen atoms in total. The summed E-state index contributed by atoms with van der Waals surface area (Å²) in [7, 11) is 0. The molecule has 0 fully saturated rings. The van der Waals surface area contributed by atoms with Crippen LogP contribution in [0, 0.1) is 0 Å². The van der Waals surface area contributed by atoms with Crippen molar-refractivity contribution in [1.82, 2.24) is 9.88 Å². The van der Waals surface area contributed by atoms with Crippen molar-refractivity contribution >= 4 is 17.5 Å². The molecule has 1 heterocycles. The lowest BCUT2D eigenvalue weighted by molar-refractivity contribution is -0.141. The standard InChI is InChI=1S/C12H14ClF3N2O2/c1-2-9-5-8(6-10(13)17-9)11(20)18(3-4-19)7-12(14,15)16/h5-6,19H,2-4,7H2,1H3. The molecule has 0 aliphatic heterocycles. The van der Waals surface area contributed by atoms with E-state index in [1.807, 2.05) is 0 Å². The Morgan fingerprint density at radius 3 is 2.60 bits per heavy atom. The van der Waals surface area contributed by atoms with Gasteiger partial charge in [-0.1, -0.05) is 18.5 Å². The molecule has 0 atom stereocenters. The van der Waals surface area contributed by atoms with E-state index >= 15 is 0 Å². The summed E-state index contributed by atoms with van der Waals surface area (Å²) in [6, 6.07) is 2.61. The number of aliphatic hydroxyl groups excluding tert-OH is 1. The number of alkyl halides is 3. The summed E-state index contributed by atoms with van der Waals surface area (Å²) in [5.74, 6) is -0.838. The van der Waals surface area contributed by atoms with Gasteiger partial charge in [0.1, 0.15) is 11.7 Å². The number of rotatable bonds is 5. The normalized spacial score (nSPS) is 11.5. The van der Waals surface area contributed by atoms with Crippen molar-refractivity contribution < 1.29 is 23.1 Å². The van der Waals surface area contributed by atoms with E-state index in [-0.39, 0.29) is 10.7 Å². The molecule has 1 aromatic rings. The number of hydrogen-bond donors (Lipinski definition) is 1. The van der Waals surface area contributed by atoms with Crippen LogP contribution in [0.25, 0.3) is 0 Å². The fourth-order valence-electron chi connectivity index (χ4n) is 1.63. The van der Waals surface area contributed by atoms with Gasteiger partial charge in [0.25, 0.3) is 5.91 Å². The molecule has 0 saturated carbocycles. The van der Waals surface area contributed by atoms with E-state index in [9.17, 15) is 18.0 Å². The minimum atomic E-state index is -4.53. The number of aliphatic hydroxyl groups is 1. The average molecular weight is 311 g/mol. The highest BCUT2D eigenvalue weighted by Gasteiger charge is 2.33. The predicted octanol–water partition coefficient (Wildman–Crippen LogP) is 2.29. The first-order valence-corrected chi connectivity index (χ1v) is 6.28. The molecular weight excluding hydrogens is 297 g/mol. The fourth-order valence-corrected chi connectivity index (χ4v) is 1.85. The number of carbonyl (C=O) groups is 1. The highest BCUT2D eigenvalue weighted by Crippen LogP contribution is 2.19. The Morgan fingerprint density at radius 1 is 1.45 bits per heavy atom. The summed E-state index contributed by atoms with van der Waals surface area (Å²) in [5, 5.41) is 8.83. The molecule has 1 rings (SSSR count). The molecule has 112 valence electrons. The van der Waals surface area contributed by atoms with E-state index in [0.29, 0.717) is 17.0 Å². The number of aryl methyl sites for hydroxylation is 1. The van der Waals surface area contributed by atoms with Gasteiger partial charge in [0, 0.05) is 17.8 Å². The number of carbonyl (C=O) groups excluding carboxylic acids is 1. The minimum absolute atomic E-state index is 0.0274. The third-order valence-corrected chi connectivity index (χ3v) is 2.68. The van der Waals surface area contributed by atoms with Gasteiger partial charge < -0.3 is 10.0 Å². The van der Waals surface area contributed by atoms with Crippen LogP contribution in [-0.2, 0) is 6.42 Å². The summed E-state index contributed by atoms with van der Waals surface area (Å²) in [6.45, 7) is -0.594. The fraction of sp³-hybridized carbons (Fsp3) is 0.500. The van der Waals surface area contributed by atoms with Crippen molar-refractivity contribution in [3.63, 3.8) is 0 Å². The number of amides is 1. The zero-order valence-corrected chi connectivity index (χ0v) is 11.5. The maximum atomic E-state index is 12.4. The lowest BCUT2D eigenvalue weighted by Gasteiger charge is -2.23.